The molecule has 1 aromatic heterocycles. The third-order valence-electron chi connectivity index (χ3n) is 1.49. The van der Waals surface area contributed by atoms with Crippen molar-refractivity contribution < 1.29 is 13.0 Å². The van der Waals surface area contributed by atoms with E-state index in [0.29, 0.717) is 5.52 Å². The molecule has 0 aliphatic carbocycles. The predicted molar refractivity (Wildman–Crippen MR) is 55.2 cm³/mol. The van der Waals surface area contributed by atoms with E-state index < -0.39 is 10.1 Å². The van der Waals surface area contributed by atoms with Crippen molar-refractivity contribution in [3.63, 3.8) is 0 Å². The van der Waals surface area contributed by atoms with E-state index in [4.69, 9.17) is 4.55 Å². The van der Waals surface area contributed by atoms with Crippen LogP contribution < -0.4 is 0 Å². The molecule has 1 heterocycles. The predicted octanol–water partition coefficient (Wildman–Crippen LogP) is 1.16. The smallest absolute Gasteiger partial charge is 0.280 e. The molecule has 2 aromatic rings. The second kappa shape index (κ2) is 4.66. The SMILES string of the molecule is O=S(=O)(O)c1nc2ccccc2s1.[K]. The van der Waals surface area contributed by atoms with Crippen molar-refractivity contribution in [3.05, 3.63) is 24.3 Å². The summed E-state index contributed by atoms with van der Waals surface area (Å²) in [4.78, 5) is 3.76. The first kappa shape index (κ1) is 12.7. The zero-order valence-electron chi connectivity index (χ0n) is 7.34. The van der Waals surface area contributed by atoms with E-state index in [-0.39, 0.29) is 55.7 Å². The Morgan fingerprint density at radius 2 is 1.93 bits per heavy atom. The van der Waals surface area contributed by atoms with E-state index in [1.54, 1.807) is 24.3 Å². The number of hydrogen-bond donors (Lipinski definition) is 1. The number of hydrogen-bond acceptors (Lipinski definition) is 4. The zero-order valence-corrected chi connectivity index (χ0v) is 12.1. The minimum absolute atomic E-state index is 0. The number of thiazole rings is 1. The molecule has 0 fully saturated rings. The summed E-state index contributed by atoms with van der Waals surface area (Å²) in [6.45, 7) is 0. The van der Waals surface area contributed by atoms with E-state index in [1.165, 1.54) is 0 Å². The van der Waals surface area contributed by atoms with Crippen LogP contribution in [-0.4, -0.2) is 69.3 Å². The van der Waals surface area contributed by atoms with Crippen molar-refractivity contribution in [2.75, 3.05) is 0 Å². The topological polar surface area (TPSA) is 67.3 Å². The molecule has 7 heteroatoms. The number of nitrogens with zero attached hydrogens (tertiary/aromatic N) is 1. The molecule has 2 rings (SSSR count). The first-order valence-corrected chi connectivity index (χ1v) is 5.66. The first-order chi connectivity index (χ1) is 6.07. The summed E-state index contributed by atoms with van der Waals surface area (Å²) in [6, 6.07) is 6.99. The van der Waals surface area contributed by atoms with Gasteiger partial charge in [-0.1, -0.05) is 12.1 Å². The molecule has 0 aliphatic rings. The Hall–Kier alpha value is 0.656. The van der Waals surface area contributed by atoms with Gasteiger partial charge in [-0.25, -0.2) is 4.98 Å². The Morgan fingerprint density at radius 1 is 1.29 bits per heavy atom. The van der Waals surface area contributed by atoms with Crippen LogP contribution in [0.4, 0.5) is 0 Å². The Kier molecular flexibility index (Phi) is 4.24. The van der Waals surface area contributed by atoms with Gasteiger partial charge in [0.1, 0.15) is 0 Å². The standard InChI is InChI=1S/C7H5NO3S2.K/c9-13(10,11)7-8-5-3-1-2-4-6(5)12-7;/h1-4H,(H,9,10,11);. The summed E-state index contributed by atoms with van der Waals surface area (Å²) in [7, 11) is -4.16. The van der Waals surface area contributed by atoms with E-state index in [9.17, 15) is 8.42 Å². The maximum absolute atomic E-state index is 10.7. The monoisotopic (exact) mass is 254 g/mol. The summed E-state index contributed by atoms with van der Waals surface area (Å²) >= 11 is 0.955. The molecule has 0 spiro atoms. The molecule has 0 amide bonds. The van der Waals surface area contributed by atoms with Crippen molar-refractivity contribution in [3.8, 4) is 0 Å². The number of benzene rings is 1. The summed E-state index contributed by atoms with van der Waals surface area (Å²) < 4.78 is 30.6. The molecule has 0 unspecified atom stereocenters. The zero-order chi connectivity index (χ0) is 9.47. The van der Waals surface area contributed by atoms with Crippen LogP contribution in [0.15, 0.2) is 28.6 Å². The van der Waals surface area contributed by atoms with E-state index in [1.807, 2.05) is 0 Å². The Morgan fingerprint density at radius 3 is 2.50 bits per heavy atom. The third kappa shape index (κ3) is 2.61. The van der Waals surface area contributed by atoms with Crippen LogP contribution in [0.25, 0.3) is 10.2 Å². The van der Waals surface area contributed by atoms with Gasteiger partial charge in [0.05, 0.1) is 10.2 Å². The average Bonchev–Trinajstić information content (AvgIpc) is 2.45. The Labute approximate surface area is 128 Å². The van der Waals surface area contributed by atoms with Gasteiger partial charge >= 0.3 is 10.1 Å². The molecule has 1 radical (unpaired) electrons. The minimum atomic E-state index is -4.16. The molecule has 0 bridgehead atoms. The largest absolute Gasteiger partial charge is 0.322 e. The summed E-state index contributed by atoms with van der Waals surface area (Å²) in [5, 5.41) is 0. The summed E-state index contributed by atoms with van der Waals surface area (Å²) in [5.74, 6) is 0. The maximum Gasteiger partial charge on any atom is 0.322 e. The minimum Gasteiger partial charge on any atom is -0.280 e. The second-order valence-corrected chi connectivity index (χ2v) is 5.05. The fraction of sp³-hybridized carbons (Fsp3) is 0. The van der Waals surface area contributed by atoms with E-state index in [2.05, 4.69) is 4.98 Å². The molecule has 1 aromatic carbocycles. The molecule has 0 saturated carbocycles. The summed E-state index contributed by atoms with van der Waals surface area (Å²) in [6.07, 6.45) is 0. The van der Waals surface area contributed by atoms with Crippen molar-refractivity contribution in [1.29, 1.82) is 0 Å². The Bertz CT molecular complexity index is 516. The fourth-order valence-electron chi connectivity index (χ4n) is 0.961. The second-order valence-electron chi connectivity index (χ2n) is 2.42. The Balaban J connectivity index is 0.000000980. The van der Waals surface area contributed by atoms with Crippen molar-refractivity contribution in [1.82, 2.24) is 4.98 Å². The third-order valence-corrected chi connectivity index (χ3v) is 3.74. The molecule has 69 valence electrons. The van der Waals surface area contributed by atoms with Crippen molar-refractivity contribution in [2.45, 2.75) is 4.34 Å². The van der Waals surface area contributed by atoms with Crippen molar-refractivity contribution >= 4 is 83.1 Å². The molecule has 0 atom stereocenters. The van der Waals surface area contributed by atoms with Gasteiger partial charge in [0.15, 0.2) is 0 Å². The van der Waals surface area contributed by atoms with Gasteiger partial charge in [-0.05, 0) is 12.1 Å². The number of aromatic nitrogens is 1. The molecular weight excluding hydrogens is 249 g/mol. The van der Waals surface area contributed by atoms with Gasteiger partial charge in [0, 0.05) is 51.4 Å². The van der Waals surface area contributed by atoms with Crippen molar-refractivity contribution in [2.24, 2.45) is 0 Å². The van der Waals surface area contributed by atoms with Crippen LogP contribution in [0, 0.1) is 0 Å². The molecule has 4 nitrogen and oxygen atoms in total. The quantitative estimate of drug-likeness (QED) is 0.612. The van der Waals surface area contributed by atoms with Gasteiger partial charge in [0.2, 0.25) is 4.34 Å². The van der Waals surface area contributed by atoms with Gasteiger partial charge < -0.3 is 0 Å². The number of para-hydroxylation sites is 1. The number of rotatable bonds is 1. The first-order valence-electron chi connectivity index (χ1n) is 3.40. The van der Waals surface area contributed by atoms with Crippen LogP contribution in [0.2, 0.25) is 0 Å². The molecule has 0 aliphatic heterocycles. The van der Waals surface area contributed by atoms with Crippen LogP contribution in [0.1, 0.15) is 0 Å². The summed E-state index contributed by atoms with van der Waals surface area (Å²) in [5.41, 5.74) is 0.583. The average molecular weight is 254 g/mol. The molecule has 0 saturated heterocycles. The van der Waals surface area contributed by atoms with E-state index >= 15 is 0 Å². The molecule has 1 N–H and O–H groups in total. The van der Waals surface area contributed by atoms with Gasteiger partial charge in [-0.3, -0.25) is 4.55 Å². The van der Waals surface area contributed by atoms with Gasteiger partial charge in [0.25, 0.3) is 0 Å². The van der Waals surface area contributed by atoms with Crippen LogP contribution in [0.5, 0.6) is 0 Å². The van der Waals surface area contributed by atoms with Crippen LogP contribution in [0.3, 0.4) is 0 Å². The van der Waals surface area contributed by atoms with Gasteiger partial charge in [-0.15, -0.1) is 11.3 Å². The van der Waals surface area contributed by atoms with Crippen LogP contribution in [-0.2, 0) is 10.1 Å². The molecular formula is C7H5KNO3S2. The normalized spacial score (nSPS) is 11.2. The van der Waals surface area contributed by atoms with Gasteiger partial charge in [-0.2, -0.15) is 8.42 Å². The number of fused-ring (bicyclic) bond motifs is 1. The van der Waals surface area contributed by atoms with Crippen LogP contribution >= 0.6 is 11.3 Å². The van der Waals surface area contributed by atoms with E-state index in [0.717, 1.165) is 16.0 Å². The fourth-order valence-corrected chi connectivity index (χ4v) is 2.56. The maximum atomic E-state index is 10.7. The molecule has 14 heavy (non-hydrogen) atoms.